The van der Waals surface area contributed by atoms with Gasteiger partial charge in [-0.15, -0.1) is 0 Å². The Hall–Kier alpha value is -0.620. The van der Waals surface area contributed by atoms with Crippen LogP contribution in [-0.2, 0) is 9.47 Å². The van der Waals surface area contributed by atoms with E-state index < -0.39 is 0 Å². The molecule has 0 fully saturated rings. The summed E-state index contributed by atoms with van der Waals surface area (Å²) in [6.07, 6.45) is 0. The van der Waals surface area contributed by atoms with Gasteiger partial charge in [0.2, 0.25) is 0 Å². The highest BCUT2D eigenvalue weighted by atomic mass is 79.9. The fraction of sp³-hybridized carbons (Fsp3) is 0.625. The van der Waals surface area contributed by atoms with Crippen molar-refractivity contribution in [1.82, 2.24) is 5.32 Å². The molecule has 0 aliphatic heterocycles. The Kier molecular flexibility index (Phi) is 8.26. The summed E-state index contributed by atoms with van der Waals surface area (Å²) in [5, 5.41) is 3.32. The monoisotopic (exact) mass is 358 g/mol. The number of hydrogen-bond acceptors (Lipinski definition) is 4. The van der Waals surface area contributed by atoms with Crippen molar-refractivity contribution >= 4 is 21.6 Å². The minimum Gasteiger partial charge on any atom is -0.383 e. The highest BCUT2D eigenvalue weighted by molar-refractivity contribution is 9.10. The van der Waals surface area contributed by atoms with Gasteiger partial charge < -0.3 is 19.7 Å². The highest BCUT2D eigenvalue weighted by Crippen LogP contribution is 2.31. The van der Waals surface area contributed by atoms with Crippen molar-refractivity contribution in [2.45, 2.75) is 25.9 Å². The van der Waals surface area contributed by atoms with E-state index in [0.717, 1.165) is 11.0 Å². The maximum Gasteiger partial charge on any atom is 0.0663 e. The molecule has 0 aliphatic carbocycles. The number of benzene rings is 1. The molecule has 120 valence electrons. The standard InChI is InChI=1S/C16H27BrN2O2/c1-12(11-21-5)19(8-9-20-4)16-10-14(17)6-7-15(16)13(2)18-3/h6-7,10,12-13,18H,8-9,11H2,1-5H3. The fourth-order valence-corrected chi connectivity index (χ4v) is 2.74. The van der Waals surface area contributed by atoms with Gasteiger partial charge in [-0.05, 0) is 38.6 Å². The van der Waals surface area contributed by atoms with Crippen LogP contribution in [0.4, 0.5) is 5.69 Å². The molecule has 21 heavy (non-hydrogen) atoms. The number of nitrogens with one attached hydrogen (secondary N) is 1. The summed E-state index contributed by atoms with van der Waals surface area (Å²) >= 11 is 3.58. The van der Waals surface area contributed by atoms with E-state index in [1.807, 2.05) is 7.05 Å². The molecule has 1 N–H and O–H groups in total. The first kappa shape index (κ1) is 18.4. The number of anilines is 1. The van der Waals surface area contributed by atoms with E-state index >= 15 is 0 Å². The molecule has 2 unspecified atom stereocenters. The number of hydrogen-bond donors (Lipinski definition) is 1. The molecule has 0 heterocycles. The minimum atomic E-state index is 0.280. The molecule has 1 rings (SSSR count). The molecule has 5 heteroatoms. The van der Waals surface area contributed by atoms with Gasteiger partial charge in [0.25, 0.3) is 0 Å². The van der Waals surface area contributed by atoms with Crippen molar-refractivity contribution in [3.63, 3.8) is 0 Å². The summed E-state index contributed by atoms with van der Waals surface area (Å²) in [7, 11) is 5.45. The SMILES string of the molecule is CNC(C)c1ccc(Br)cc1N(CCOC)C(C)COC. The molecule has 2 atom stereocenters. The zero-order valence-corrected chi connectivity index (χ0v) is 15.2. The highest BCUT2D eigenvalue weighted by Gasteiger charge is 2.20. The molecular formula is C16H27BrN2O2. The summed E-state index contributed by atoms with van der Waals surface area (Å²) in [6, 6.07) is 6.99. The first-order chi connectivity index (χ1) is 10.0. The van der Waals surface area contributed by atoms with Crippen molar-refractivity contribution in [3.8, 4) is 0 Å². The van der Waals surface area contributed by atoms with Gasteiger partial charge in [-0.25, -0.2) is 0 Å². The molecule has 0 saturated heterocycles. The maximum absolute atomic E-state index is 5.33. The molecule has 4 nitrogen and oxygen atoms in total. The Balaban J connectivity index is 3.17. The topological polar surface area (TPSA) is 33.7 Å². The van der Waals surface area contributed by atoms with Crippen LogP contribution < -0.4 is 10.2 Å². The molecular weight excluding hydrogens is 332 g/mol. The molecule has 0 spiro atoms. The lowest BCUT2D eigenvalue weighted by molar-refractivity contribution is 0.171. The fourth-order valence-electron chi connectivity index (χ4n) is 2.39. The van der Waals surface area contributed by atoms with Gasteiger partial charge in [0.15, 0.2) is 0 Å². The predicted molar refractivity (Wildman–Crippen MR) is 92.2 cm³/mol. The zero-order valence-electron chi connectivity index (χ0n) is 13.6. The van der Waals surface area contributed by atoms with Crippen LogP contribution in [-0.4, -0.2) is 47.1 Å². The maximum atomic E-state index is 5.33. The van der Waals surface area contributed by atoms with Crippen LogP contribution in [0.15, 0.2) is 22.7 Å². The summed E-state index contributed by atoms with van der Waals surface area (Å²) < 4.78 is 11.7. The zero-order chi connectivity index (χ0) is 15.8. The Morgan fingerprint density at radius 2 is 1.95 bits per heavy atom. The first-order valence-corrected chi connectivity index (χ1v) is 8.05. The molecule has 0 radical (unpaired) electrons. The number of nitrogens with zero attached hydrogens (tertiary/aromatic N) is 1. The van der Waals surface area contributed by atoms with Crippen molar-refractivity contribution in [2.24, 2.45) is 0 Å². The van der Waals surface area contributed by atoms with Gasteiger partial charge in [-0.3, -0.25) is 0 Å². The molecule has 1 aromatic carbocycles. The van der Waals surface area contributed by atoms with E-state index in [0.29, 0.717) is 13.2 Å². The van der Waals surface area contributed by atoms with E-state index in [4.69, 9.17) is 9.47 Å². The van der Waals surface area contributed by atoms with E-state index in [1.54, 1.807) is 14.2 Å². The second-order valence-corrected chi connectivity index (χ2v) is 6.12. The van der Waals surface area contributed by atoms with Crippen LogP contribution in [0, 0.1) is 0 Å². The van der Waals surface area contributed by atoms with Crippen LogP contribution in [0.25, 0.3) is 0 Å². The van der Waals surface area contributed by atoms with Crippen molar-refractivity contribution in [3.05, 3.63) is 28.2 Å². The molecule has 0 bridgehead atoms. The summed E-state index contributed by atoms with van der Waals surface area (Å²) in [4.78, 5) is 2.35. The third-order valence-corrected chi connectivity index (χ3v) is 4.17. The number of halogens is 1. The smallest absolute Gasteiger partial charge is 0.0663 e. The van der Waals surface area contributed by atoms with Gasteiger partial charge in [-0.2, -0.15) is 0 Å². The number of rotatable bonds is 9. The lowest BCUT2D eigenvalue weighted by atomic mass is 10.0. The molecule has 0 saturated carbocycles. The minimum absolute atomic E-state index is 0.280. The van der Waals surface area contributed by atoms with Gasteiger partial charge in [0.05, 0.1) is 13.2 Å². The summed E-state index contributed by atoms with van der Waals surface area (Å²) in [5.74, 6) is 0. The van der Waals surface area contributed by atoms with Crippen LogP contribution in [0.5, 0.6) is 0 Å². The van der Waals surface area contributed by atoms with Gasteiger partial charge in [0, 0.05) is 43.0 Å². The summed E-state index contributed by atoms with van der Waals surface area (Å²) in [6.45, 7) is 6.55. The second kappa shape index (κ2) is 9.41. The lowest BCUT2D eigenvalue weighted by Crippen LogP contribution is -2.39. The largest absolute Gasteiger partial charge is 0.383 e. The third-order valence-electron chi connectivity index (χ3n) is 3.68. The van der Waals surface area contributed by atoms with Crippen molar-refractivity contribution in [1.29, 1.82) is 0 Å². The van der Waals surface area contributed by atoms with E-state index in [-0.39, 0.29) is 12.1 Å². The van der Waals surface area contributed by atoms with Crippen LogP contribution in [0.3, 0.4) is 0 Å². The molecule has 0 aromatic heterocycles. The van der Waals surface area contributed by atoms with Crippen LogP contribution >= 0.6 is 15.9 Å². The van der Waals surface area contributed by atoms with Crippen LogP contribution in [0.2, 0.25) is 0 Å². The average molecular weight is 359 g/mol. The van der Waals surface area contributed by atoms with Gasteiger partial charge in [0.1, 0.15) is 0 Å². The van der Waals surface area contributed by atoms with E-state index in [2.05, 4.69) is 58.2 Å². The lowest BCUT2D eigenvalue weighted by Gasteiger charge is -2.34. The quantitative estimate of drug-likeness (QED) is 0.734. The van der Waals surface area contributed by atoms with E-state index in [9.17, 15) is 0 Å². The van der Waals surface area contributed by atoms with Gasteiger partial charge in [-0.1, -0.05) is 22.0 Å². The van der Waals surface area contributed by atoms with Gasteiger partial charge >= 0.3 is 0 Å². The number of methoxy groups -OCH3 is 2. The third kappa shape index (κ3) is 5.25. The average Bonchev–Trinajstić information content (AvgIpc) is 2.47. The predicted octanol–water partition coefficient (Wildman–Crippen LogP) is 3.22. The second-order valence-electron chi connectivity index (χ2n) is 5.20. The normalized spacial score (nSPS) is 14.0. The van der Waals surface area contributed by atoms with Crippen molar-refractivity contribution < 1.29 is 9.47 Å². The molecule has 0 aliphatic rings. The van der Waals surface area contributed by atoms with Crippen molar-refractivity contribution in [2.75, 3.05) is 45.9 Å². The Morgan fingerprint density at radius 1 is 1.24 bits per heavy atom. The molecule has 1 aromatic rings. The molecule has 0 amide bonds. The summed E-state index contributed by atoms with van der Waals surface area (Å²) in [5.41, 5.74) is 2.49. The Labute approximate surface area is 136 Å². The Bertz CT molecular complexity index is 429. The van der Waals surface area contributed by atoms with E-state index in [1.165, 1.54) is 11.3 Å². The first-order valence-electron chi connectivity index (χ1n) is 7.26. The number of ether oxygens (including phenoxy) is 2. The van der Waals surface area contributed by atoms with Crippen LogP contribution in [0.1, 0.15) is 25.5 Å². The Morgan fingerprint density at radius 3 is 2.52 bits per heavy atom.